The molecule has 30 heavy (non-hydrogen) atoms. The number of nitrogens with zero attached hydrogens (tertiary/aromatic N) is 6. The molecule has 0 spiro atoms. The predicted molar refractivity (Wildman–Crippen MR) is 116 cm³/mol. The molecular formula is C20H20N6O2S2. The summed E-state index contributed by atoms with van der Waals surface area (Å²) >= 11 is 3.15. The van der Waals surface area contributed by atoms with Crippen LogP contribution in [0.2, 0.25) is 0 Å². The van der Waals surface area contributed by atoms with Crippen molar-refractivity contribution in [1.82, 2.24) is 24.9 Å². The lowest BCUT2D eigenvalue weighted by atomic mass is 10.2. The lowest BCUT2D eigenvalue weighted by Gasteiger charge is -2.28. The van der Waals surface area contributed by atoms with Crippen LogP contribution in [0.25, 0.3) is 10.7 Å². The molecule has 4 aromatic rings. The van der Waals surface area contributed by atoms with Crippen molar-refractivity contribution in [3.63, 3.8) is 0 Å². The fourth-order valence-electron chi connectivity index (χ4n) is 3.24. The maximum atomic E-state index is 5.49. The van der Waals surface area contributed by atoms with Crippen LogP contribution in [-0.4, -0.2) is 51.2 Å². The highest BCUT2D eigenvalue weighted by Gasteiger charge is 2.21. The maximum Gasteiger partial charge on any atom is 0.237 e. The Labute approximate surface area is 181 Å². The van der Waals surface area contributed by atoms with Gasteiger partial charge in [0.1, 0.15) is 0 Å². The highest BCUT2D eigenvalue weighted by molar-refractivity contribution is 7.98. The number of rotatable bonds is 7. The Morgan fingerprint density at radius 2 is 1.90 bits per heavy atom. The van der Waals surface area contributed by atoms with Crippen LogP contribution in [0.3, 0.4) is 0 Å². The minimum atomic E-state index is 0.536. The zero-order valence-corrected chi connectivity index (χ0v) is 17.8. The van der Waals surface area contributed by atoms with Crippen LogP contribution in [0.15, 0.2) is 57.5 Å². The Hall–Kier alpha value is -2.69. The van der Waals surface area contributed by atoms with Crippen molar-refractivity contribution in [2.75, 3.05) is 31.2 Å². The van der Waals surface area contributed by atoms with E-state index in [4.69, 9.17) is 9.26 Å². The van der Waals surface area contributed by atoms with Crippen molar-refractivity contribution in [2.45, 2.75) is 17.5 Å². The van der Waals surface area contributed by atoms with Crippen LogP contribution < -0.4 is 4.90 Å². The second-order valence-corrected chi connectivity index (χ2v) is 8.62. The molecule has 0 N–H and O–H groups in total. The monoisotopic (exact) mass is 440 g/mol. The second kappa shape index (κ2) is 8.99. The lowest BCUT2D eigenvalue weighted by molar-refractivity contribution is 0.121. The third-order valence-electron chi connectivity index (χ3n) is 4.71. The fraction of sp³-hybridized carbons (Fsp3) is 0.300. The first-order chi connectivity index (χ1) is 14.9. The summed E-state index contributed by atoms with van der Waals surface area (Å²) in [7, 11) is 0. The molecule has 154 valence electrons. The number of thioether (sulfide) groups is 1. The molecule has 1 fully saturated rings. The molecule has 0 bridgehead atoms. The van der Waals surface area contributed by atoms with Gasteiger partial charge in [0.25, 0.3) is 0 Å². The number of benzene rings is 1. The zero-order chi connectivity index (χ0) is 20.2. The quantitative estimate of drug-likeness (QED) is 0.404. The number of hydrogen-bond donors (Lipinski definition) is 0. The molecular weight excluding hydrogens is 420 g/mol. The molecule has 1 saturated heterocycles. The van der Waals surface area contributed by atoms with Gasteiger partial charge in [-0.15, -0.1) is 21.5 Å². The highest BCUT2D eigenvalue weighted by Crippen LogP contribution is 2.28. The van der Waals surface area contributed by atoms with Crippen molar-refractivity contribution in [3.8, 4) is 10.7 Å². The van der Waals surface area contributed by atoms with Gasteiger partial charge in [-0.05, 0) is 17.0 Å². The second-order valence-electron chi connectivity index (χ2n) is 6.73. The van der Waals surface area contributed by atoms with Crippen molar-refractivity contribution >= 4 is 29.0 Å². The molecule has 0 radical (unpaired) electrons. The Morgan fingerprint density at radius 1 is 1.03 bits per heavy atom. The normalized spacial score (nSPS) is 14.3. The average molecular weight is 441 g/mol. The van der Waals surface area contributed by atoms with Gasteiger partial charge in [0, 0.05) is 13.1 Å². The third-order valence-corrected chi connectivity index (χ3v) is 6.53. The summed E-state index contributed by atoms with van der Waals surface area (Å²) in [5, 5.41) is 15.9. The number of ether oxygens (including phenoxy) is 1. The standard InChI is InChI=1S/C20H20N6O2S2/c1-2-5-15(6-3-1)13-26-19(25-8-10-27-11-9-25)22-23-20(26)30-14-17-21-18(24-28-17)16-7-4-12-29-16/h1-7,12H,8-11,13-14H2. The fourth-order valence-corrected chi connectivity index (χ4v) is 4.65. The van der Waals surface area contributed by atoms with Crippen molar-refractivity contribution in [3.05, 3.63) is 59.3 Å². The summed E-state index contributed by atoms with van der Waals surface area (Å²) in [6.07, 6.45) is 0. The van der Waals surface area contributed by atoms with E-state index < -0.39 is 0 Å². The van der Waals surface area contributed by atoms with Crippen LogP contribution in [-0.2, 0) is 17.0 Å². The smallest absolute Gasteiger partial charge is 0.237 e. The van der Waals surface area contributed by atoms with E-state index in [0.29, 0.717) is 37.2 Å². The summed E-state index contributed by atoms with van der Waals surface area (Å²) in [5.41, 5.74) is 1.20. The summed E-state index contributed by atoms with van der Waals surface area (Å²) < 4.78 is 13.1. The molecule has 0 aliphatic carbocycles. The first-order valence-electron chi connectivity index (χ1n) is 9.66. The molecule has 1 aromatic carbocycles. The lowest BCUT2D eigenvalue weighted by Crippen LogP contribution is -2.38. The summed E-state index contributed by atoms with van der Waals surface area (Å²) in [5.74, 6) is 2.61. The molecule has 8 nitrogen and oxygen atoms in total. The van der Waals surface area contributed by atoms with E-state index in [2.05, 4.69) is 41.9 Å². The van der Waals surface area contributed by atoms with Crippen LogP contribution in [0.1, 0.15) is 11.5 Å². The predicted octanol–water partition coefficient (Wildman–Crippen LogP) is 3.57. The third kappa shape index (κ3) is 4.25. The number of aromatic nitrogens is 5. The largest absolute Gasteiger partial charge is 0.378 e. The number of morpholine rings is 1. The average Bonchev–Trinajstić information content (AvgIpc) is 3.55. The molecule has 1 aliphatic rings. The van der Waals surface area contributed by atoms with E-state index in [-0.39, 0.29) is 0 Å². The van der Waals surface area contributed by atoms with E-state index >= 15 is 0 Å². The minimum absolute atomic E-state index is 0.536. The van der Waals surface area contributed by atoms with Gasteiger partial charge in [-0.2, -0.15) is 4.98 Å². The number of anilines is 1. The van der Waals surface area contributed by atoms with Crippen LogP contribution in [0.5, 0.6) is 0 Å². The van der Waals surface area contributed by atoms with Gasteiger partial charge in [0.2, 0.25) is 17.7 Å². The number of hydrogen-bond acceptors (Lipinski definition) is 9. The van der Waals surface area contributed by atoms with Crippen LogP contribution in [0.4, 0.5) is 5.95 Å². The van der Waals surface area contributed by atoms with Gasteiger partial charge >= 0.3 is 0 Å². The summed E-state index contributed by atoms with van der Waals surface area (Å²) in [6, 6.07) is 14.3. The molecule has 1 aliphatic heterocycles. The van der Waals surface area contributed by atoms with E-state index in [1.165, 1.54) is 5.56 Å². The molecule has 10 heteroatoms. The molecule has 0 unspecified atom stereocenters. The Kier molecular flexibility index (Phi) is 5.78. The van der Waals surface area contributed by atoms with Crippen molar-refractivity contribution in [2.24, 2.45) is 0 Å². The van der Waals surface area contributed by atoms with Gasteiger partial charge in [0.05, 0.1) is 30.4 Å². The summed E-state index contributed by atoms with van der Waals surface area (Å²) in [6.45, 7) is 3.73. The van der Waals surface area contributed by atoms with Gasteiger partial charge in [0.15, 0.2) is 5.16 Å². The van der Waals surface area contributed by atoms with Gasteiger partial charge in [-0.25, -0.2) is 0 Å². The van der Waals surface area contributed by atoms with Gasteiger partial charge in [-0.3, -0.25) is 4.57 Å². The molecule has 5 rings (SSSR count). The molecule has 4 heterocycles. The Bertz CT molecular complexity index is 1070. The SMILES string of the molecule is c1ccc(Cn2c(SCc3nc(-c4cccs4)no3)nnc2N2CCOCC2)cc1. The minimum Gasteiger partial charge on any atom is -0.378 e. The molecule has 0 amide bonds. The van der Waals surface area contributed by atoms with E-state index in [0.717, 1.165) is 29.1 Å². The van der Waals surface area contributed by atoms with E-state index in [9.17, 15) is 0 Å². The first kappa shape index (κ1) is 19.3. The van der Waals surface area contributed by atoms with Gasteiger partial charge in [-0.1, -0.05) is 53.3 Å². The van der Waals surface area contributed by atoms with Gasteiger partial charge < -0.3 is 14.2 Å². The highest BCUT2D eigenvalue weighted by atomic mass is 32.2. The maximum absolute atomic E-state index is 5.49. The van der Waals surface area contributed by atoms with E-state index in [1.54, 1.807) is 23.1 Å². The Morgan fingerprint density at radius 3 is 2.70 bits per heavy atom. The Balaban J connectivity index is 1.36. The van der Waals surface area contributed by atoms with Crippen molar-refractivity contribution < 1.29 is 9.26 Å². The molecule has 3 aromatic heterocycles. The number of thiophene rings is 1. The zero-order valence-electron chi connectivity index (χ0n) is 16.2. The summed E-state index contributed by atoms with van der Waals surface area (Å²) in [4.78, 5) is 7.73. The first-order valence-corrected chi connectivity index (χ1v) is 11.5. The molecule has 0 atom stereocenters. The van der Waals surface area contributed by atoms with Crippen LogP contribution in [0, 0.1) is 0 Å². The topological polar surface area (TPSA) is 82.1 Å². The van der Waals surface area contributed by atoms with Crippen LogP contribution >= 0.6 is 23.1 Å². The van der Waals surface area contributed by atoms with Crippen molar-refractivity contribution in [1.29, 1.82) is 0 Å². The van der Waals surface area contributed by atoms with E-state index in [1.807, 2.05) is 35.7 Å². The molecule has 0 saturated carbocycles.